The van der Waals surface area contributed by atoms with Crippen LogP contribution in [0.15, 0.2) is 24.3 Å². The van der Waals surface area contributed by atoms with Crippen molar-refractivity contribution in [2.45, 2.75) is 31.6 Å². The highest BCUT2D eigenvalue weighted by Crippen LogP contribution is 2.35. The molecule has 1 atom stereocenters. The van der Waals surface area contributed by atoms with Crippen LogP contribution in [-0.4, -0.2) is 44.1 Å². The van der Waals surface area contributed by atoms with Crippen LogP contribution in [0.4, 0.5) is 0 Å². The first-order valence-electron chi connectivity index (χ1n) is 8.44. The summed E-state index contributed by atoms with van der Waals surface area (Å²) in [5.41, 5.74) is 1.07. The molecule has 0 aliphatic carbocycles. The van der Waals surface area contributed by atoms with Gasteiger partial charge in [-0.3, -0.25) is 4.79 Å². The number of hydrogen-bond acceptors (Lipinski definition) is 3. The van der Waals surface area contributed by atoms with E-state index in [1.165, 1.54) is 6.42 Å². The van der Waals surface area contributed by atoms with Gasteiger partial charge in [-0.15, -0.1) is 0 Å². The Bertz CT molecular complexity index is 510. The van der Waals surface area contributed by atoms with Crippen molar-refractivity contribution in [3.05, 3.63) is 29.8 Å². The number of likely N-dealkylation sites (tertiary alicyclic amines) is 1. The number of piperidine rings is 1. The molecule has 2 aliphatic rings. The summed E-state index contributed by atoms with van der Waals surface area (Å²) in [5.74, 6) is 1.93. The Morgan fingerprint density at radius 2 is 2.05 bits per heavy atom. The van der Waals surface area contributed by atoms with Gasteiger partial charge in [-0.1, -0.05) is 18.2 Å². The van der Waals surface area contributed by atoms with Crippen LogP contribution in [0.3, 0.4) is 0 Å². The summed E-state index contributed by atoms with van der Waals surface area (Å²) in [4.78, 5) is 15.0. The van der Waals surface area contributed by atoms with E-state index in [9.17, 15) is 4.79 Å². The normalized spacial score (nSPS) is 22.0. The summed E-state index contributed by atoms with van der Waals surface area (Å²) in [7, 11) is 2.00. The van der Waals surface area contributed by atoms with E-state index in [1.807, 2.05) is 31.3 Å². The fraction of sp³-hybridized carbons (Fsp3) is 0.611. The Balaban J connectivity index is 1.61. The van der Waals surface area contributed by atoms with Crippen molar-refractivity contribution in [1.82, 2.24) is 10.2 Å². The first-order valence-corrected chi connectivity index (χ1v) is 8.44. The van der Waals surface area contributed by atoms with Crippen molar-refractivity contribution in [1.29, 1.82) is 0 Å². The molecule has 4 heteroatoms. The number of amides is 1. The van der Waals surface area contributed by atoms with E-state index in [-0.39, 0.29) is 5.92 Å². The quantitative estimate of drug-likeness (QED) is 0.928. The lowest BCUT2D eigenvalue weighted by Crippen LogP contribution is -2.42. The van der Waals surface area contributed by atoms with Crippen molar-refractivity contribution in [2.24, 2.45) is 5.92 Å². The molecule has 0 radical (unpaired) electrons. The van der Waals surface area contributed by atoms with E-state index in [1.54, 1.807) is 0 Å². The van der Waals surface area contributed by atoms with E-state index in [0.29, 0.717) is 12.5 Å². The first kappa shape index (κ1) is 15.3. The van der Waals surface area contributed by atoms with Crippen LogP contribution in [0.1, 0.15) is 37.2 Å². The molecule has 1 aromatic rings. The van der Waals surface area contributed by atoms with Gasteiger partial charge in [0.1, 0.15) is 5.75 Å². The lowest BCUT2D eigenvalue weighted by molar-refractivity contribution is -0.135. The Morgan fingerprint density at radius 1 is 1.27 bits per heavy atom. The Labute approximate surface area is 132 Å². The molecule has 0 spiro atoms. The number of carbonyl (C=O) groups excluding carboxylic acids is 1. The molecular formula is C18H26N2O2. The van der Waals surface area contributed by atoms with Crippen molar-refractivity contribution < 1.29 is 9.53 Å². The maximum absolute atomic E-state index is 12.9. The smallest absolute Gasteiger partial charge is 0.230 e. The molecule has 1 fully saturated rings. The van der Waals surface area contributed by atoms with Crippen LogP contribution >= 0.6 is 0 Å². The molecule has 3 rings (SSSR count). The lowest BCUT2D eigenvalue weighted by Gasteiger charge is -2.35. The Hall–Kier alpha value is -1.55. The minimum absolute atomic E-state index is 0.0150. The number of fused-ring (bicyclic) bond motifs is 1. The van der Waals surface area contributed by atoms with Gasteiger partial charge in [-0.25, -0.2) is 0 Å². The molecule has 4 nitrogen and oxygen atoms in total. The molecule has 1 aromatic carbocycles. The summed E-state index contributed by atoms with van der Waals surface area (Å²) in [5, 5.41) is 3.22. The second-order valence-electron chi connectivity index (χ2n) is 6.39. The topological polar surface area (TPSA) is 41.6 Å². The Kier molecular flexibility index (Phi) is 4.98. The number of nitrogens with one attached hydrogen (secondary N) is 1. The highest BCUT2D eigenvalue weighted by Gasteiger charge is 2.32. The van der Waals surface area contributed by atoms with Crippen molar-refractivity contribution >= 4 is 5.91 Å². The summed E-state index contributed by atoms with van der Waals surface area (Å²) < 4.78 is 5.67. The van der Waals surface area contributed by atoms with E-state index in [4.69, 9.17) is 4.74 Å². The number of carbonyl (C=O) groups is 1. The molecular weight excluding hydrogens is 276 g/mol. The maximum atomic E-state index is 12.9. The third-order valence-corrected chi connectivity index (χ3v) is 4.99. The molecule has 0 saturated carbocycles. The van der Waals surface area contributed by atoms with Gasteiger partial charge in [0.2, 0.25) is 5.91 Å². The lowest BCUT2D eigenvalue weighted by atomic mass is 9.89. The van der Waals surface area contributed by atoms with E-state index in [2.05, 4.69) is 10.2 Å². The number of ether oxygens (including phenoxy) is 1. The van der Waals surface area contributed by atoms with Crippen LogP contribution in [-0.2, 0) is 4.79 Å². The van der Waals surface area contributed by atoms with Gasteiger partial charge >= 0.3 is 0 Å². The van der Waals surface area contributed by atoms with Gasteiger partial charge < -0.3 is 15.0 Å². The van der Waals surface area contributed by atoms with E-state index < -0.39 is 0 Å². The fourth-order valence-corrected chi connectivity index (χ4v) is 3.61. The van der Waals surface area contributed by atoms with Gasteiger partial charge in [0, 0.05) is 18.7 Å². The highest BCUT2D eigenvalue weighted by molar-refractivity contribution is 5.85. The van der Waals surface area contributed by atoms with Crippen LogP contribution in [0.25, 0.3) is 0 Å². The van der Waals surface area contributed by atoms with Gasteiger partial charge in [0.15, 0.2) is 0 Å². The average Bonchev–Trinajstić information content (AvgIpc) is 2.59. The molecule has 1 amide bonds. The predicted octanol–water partition coefficient (Wildman–Crippen LogP) is 2.40. The third-order valence-electron chi connectivity index (χ3n) is 4.99. The zero-order valence-corrected chi connectivity index (χ0v) is 13.4. The fourth-order valence-electron chi connectivity index (χ4n) is 3.61. The summed E-state index contributed by atoms with van der Waals surface area (Å²) in [6.45, 7) is 3.54. The van der Waals surface area contributed by atoms with Crippen LogP contribution in [0, 0.1) is 5.92 Å². The second-order valence-corrected chi connectivity index (χ2v) is 6.39. The van der Waals surface area contributed by atoms with Crippen molar-refractivity contribution in [2.75, 3.05) is 33.3 Å². The average molecular weight is 302 g/mol. The van der Waals surface area contributed by atoms with Crippen molar-refractivity contribution in [3.8, 4) is 5.75 Å². The SMILES string of the molecule is CNCCC1CCN(C(=O)C2CCOc3ccccc32)CC1. The molecule has 22 heavy (non-hydrogen) atoms. The largest absolute Gasteiger partial charge is 0.493 e. The third kappa shape index (κ3) is 3.27. The number of hydrogen-bond donors (Lipinski definition) is 1. The molecule has 0 bridgehead atoms. The minimum atomic E-state index is -0.0150. The van der Waals surface area contributed by atoms with Crippen LogP contribution < -0.4 is 10.1 Å². The summed E-state index contributed by atoms with van der Waals surface area (Å²) in [6.07, 6.45) is 4.30. The van der Waals surface area contributed by atoms with Gasteiger partial charge in [0.05, 0.1) is 12.5 Å². The number of rotatable bonds is 4. The Morgan fingerprint density at radius 3 is 2.82 bits per heavy atom. The van der Waals surface area contributed by atoms with E-state index in [0.717, 1.165) is 56.1 Å². The van der Waals surface area contributed by atoms with Gasteiger partial charge in [-0.05, 0) is 51.3 Å². The van der Waals surface area contributed by atoms with Gasteiger partial charge in [0.25, 0.3) is 0 Å². The standard InChI is InChI=1S/C18H26N2O2/c1-19-10-6-14-7-11-20(12-8-14)18(21)16-9-13-22-17-5-3-2-4-15(16)17/h2-5,14,16,19H,6-13H2,1H3. The molecule has 0 aromatic heterocycles. The van der Waals surface area contributed by atoms with Gasteiger partial charge in [-0.2, -0.15) is 0 Å². The zero-order valence-electron chi connectivity index (χ0n) is 13.4. The summed E-state index contributed by atoms with van der Waals surface area (Å²) in [6, 6.07) is 7.98. The summed E-state index contributed by atoms with van der Waals surface area (Å²) >= 11 is 0. The monoisotopic (exact) mass is 302 g/mol. The first-order chi connectivity index (χ1) is 10.8. The molecule has 1 N–H and O–H groups in total. The highest BCUT2D eigenvalue weighted by atomic mass is 16.5. The molecule has 1 saturated heterocycles. The molecule has 2 aliphatic heterocycles. The molecule has 2 heterocycles. The second kappa shape index (κ2) is 7.14. The maximum Gasteiger partial charge on any atom is 0.230 e. The number of benzene rings is 1. The van der Waals surface area contributed by atoms with Crippen LogP contribution in [0.5, 0.6) is 5.75 Å². The molecule has 1 unspecified atom stereocenters. The zero-order chi connectivity index (χ0) is 15.4. The number of para-hydroxylation sites is 1. The van der Waals surface area contributed by atoms with Crippen LogP contribution in [0.2, 0.25) is 0 Å². The van der Waals surface area contributed by atoms with Crippen molar-refractivity contribution in [3.63, 3.8) is 0 Å². The number of nitrogens with zero attached hydrogens (tertiary/aromatic N) is 1. The van der Waals surface area contributed by atoms with E-state index >= 15 is 0 Å². The predicted molar refractivity (Wildman–Crippen MR) is 87.1 cm³/mol. The minimum Gasteiger partial charge on any atom is -0.493 e. The molecule has 120 valence electrons.